The first-order valence-corrected chi connectivity index (χ1v) is 10.2. The Morgan fingerprint density at radius 1 is 1.19 bits per heavy atom. The number of sulfonamides is 1. The maximum Gasteiger partial charge on any atom is 0.238 e. The van der Waals surface area contributed by atoms with E-state index in [2.05, 4.69) is 6.08 Å². The summed E-state index contributed by atoms with van der Waals surface area (Å²) in [6, 6.07) is 10.6. The maximum absolute atomic E-state index is 13.2. The fourth-order valence-electron chi connectivity index (χ4n) is 3.08. The van der Waals surface area contributed by atoms with Crippen molar-refractivity contribution in [2.24, 2.45) is 11.1 Å². The normalized spacial score (nSPS) is 17.7. The summed E-state index contributed by atoms with van der Waals surface area (Å²) in [6.45, 7) is 0.400. The topological polar surface area (TPSA) is 69.4 Å². The Labute approximate surface area is 157 Å². The predicted molar refractivity (Wildman–Crippen MR) is 100 cm³/mol. The van der Waals surface area contributed by atoms with Gasteiger partial charge in [-0.05, 0) is 60.7 Å². The van der Waals surface area contributed by atoms with Crippen molar-refractivity contribution in [1.82, 2.24) is 0 Å². The van der Waals surface area contributed by atoms with Crippen molar-refractivity contribution in [1.29, 1.82) is 0 Å². The van der Waals surface area contributed by atoms with E-state index in [-0.39, 0.29) is 21.7 Å². The van der Waals surface area contributed by atoms with Crippen LogP contribution in [-0.2, 0) is 10.0 Å². The Hall–Kier alpha value is -1.89. The number of rotatable bonds is 5. The van der Waals surface area contributed by atoms with Gasteiger partial charge < -0.3 is 4.74 Å². The lowest BCUT2D eigenvalue weighted by atomic mass is 9.84. The molecule has 2 aromatic carbocycles. The van der Waals surface area contributed by atoms with Gasteiger partial charge >= 0.3 is 0 Å². The van der Waals surface area contributed by atoms with Gasteiger partial charge in [-0.1, -0.05) is 29.8 Å². The molecule has 26 heavy (non-hydrogen) atoms. The molecule has 2 N–H and O–H groups in total. The summed E-state index contributed by atoms with van der Waals surface area (Å²) in [7, 11) is -3.81. The molecule has 0 aromatic heterocycles. The van der Waals surface area contributed by atoms with Crippen molar-refractivity contribution < 1.29 is 17.5 Å². The zero-order valence-corrected chi connectivity index (χ0v) is 15.6. The van der Waals surface area contributed by atoms with E-state index >= 15 is 0 Å². The first-order chi connectivity index (χ1) is 12.3. The highest BCUT2D eigenvalue weighted by atomic mass is 35.5. The lowest BCUT2D eigenvalue weighted by Gasteiger charge is -2.25. The number of halogens is 2. The number of primary sulfonamides is 1. The van der Waals surface area contributed by atoms with Crippen LogP contribution in [0, 0.1) is 11.7 Å². The van der Waals surface area contributed by atoms with E-state index in [0.29, 0.717) is 12.4 Å². The van der Waals surface area contributed by atoms with Crippen LogP contribution in [-0.4, -0.2) is 15.0 Å². The molecule has 0 fully saturated rings. The quantitative estimate of drug-likeness (QED) is 0.816. The number of allylic oxidation sites excluding steroid dienone is 1. The van der Waals surface area contributed by atoms with Crippen LogP contribution in [0.4, 0.5) is 4.39 Å². The largest absolute Gasteiger partial charge is 0.491 e. The zero-order valence-electron chi connectivity index (χ0n) is 14.0. The van der Waals surface area contributed by atoms with Gasteiger partial charge in [0.15, 0.2) is 0 Å². The fourth-order valence-corrected chi connectivity index (χ4v) is 3.92. The van der Waals surface area contributed by atoms with Gasteiger partial charge in [0, 0.05) is 5.92 Å². The summed E-state index contributed by atoms with van der Waals surface area (Å²) in [5, 5.41) is 5.29. The highest BCUT2D eigenvalue weighted by molar-refractivity contribution is 7.89. The Kier molecular flexibility index (Phi) is 5.65. The molecule has 1 aliphatic carbocycles. The van der Waals surface area contributed by atoms with Gasteiger partial charge in [0.2, 0.25) is 10.0 Å². The Bertz CT molecular complexity index is 926. The van der Waals surface area contributed by atoms with Crippen LogP contribution in [0.25, 0.3) is 5.57 Å². The van der Waals surface area contributed by atoms with Gasteiger partial charge in [-0.3, -0.25) is 0 Å². The van der Waals surface area contributed by atoms with E-state index in [4.69, 9.17) is 21.5 Å². The average Bonchev–Trinajstić information content (AvgIpc) is 2.61. The van der Waals surface area contributed by atoms with Gasteiger partial charge in [-0.25, -0.2) is 17.9 Å². The molecule has 0 saturated carbocycles. The minimum atomic E-state index is -3.81. The van der Waals surface area contributed by atoms with Crippen LogP contribution in [0.5, 0.6) is 5.75 Å². The molecule has 1 aliphatic rings. The van der Waals surface area contributed by atoms with Crippen molar-refractivity contribution in [2.75, 3.05) is 6.61 Å². The SMILES string of the molecule is NS(=O)(=O)c1ccc(OCC2CCCC=C2c2ccc(F)cc2)c(Cl)c1. The highest BCUT2D eigenvalue weighted by Gasteiger charge is 2.21. The van der Waals surface area contributed by atoms with Crippen LogP contribution in [0.15, 0.2) is 53.4 Å². The van der Waals surface area contributed by atoms with E-state index in [1.54, 1.807) is 12.1 Å². The molecular weight excluding hydrogens is 377 g/mol. The number of benzene rings is 2. The van der Waals surface area contributed by atoms with E-state index in [9.17, 15) is 12.8 Å². The molecule has 0 saturated heterocycles. The molecule has 2 aromatic rings. The number of hydrogen-bond acceptors (Lipinski definition) is 3. The lowest BCUT2D eigenvalue weighted by Crippen LogP contribution is -2.17. The van der Waals surface area contributed by atoms with E-state index in [1.807, 2.05) is 0 Å². The number of nitrogens with two attached hydrogens (primary N) is 1. The summed E-state index contributed by atoms with van der Waals surface area (Å²) in [5.41, 5.74) is 2.11. The van der Waals surface area contributed by atoms with Crippen LogP contribution < -0.4 is 9.88 Å². The molecule has 4 nitrogen and oxygen atoms in total. The molecule has 7 heteroatoms. The fraction of sp³-hybridized carbons (Fsp3) is 0.263. The van der Waals surface area contributed by atoms with Crippen molar-refractivity contribution >= 4 is 27.2 Å². The van der Waals surface area contributed by atoms with Crippen LogP contribution in [0.2, 0.25) is 5.02 Å². The Balaban J connectivity index is 1.75. The molecule has 0 radical (unpaired) electrons. The molecule has 0 spiro atoms. The van der Waals surface area contributed by atoms with E-state index < -0.39 is 10.0 Å². The Morgan fingerprint density at radius 2 is 1.92 bits per heavy atom. The second-order valence-corrected chi connectivity index (χ2v) is 8.21. The van der Waals surface area contributed by atoms with Crippen molar-refractivity contribution in [3.63, 3.8) is 0 Å². The number of ether oxygens (including phenoxy) is 1. The highest BCUT2D eigenvalue weighted by Crippen LogP contribution is 2.34. The average molecular weight is 396 g/mol. The first kappa shape index (κ1) is 18.9. The van der Waals surface area contributed by atoms with Crippen molar-refractivity contribution in [2.45, 2.75) is 24.2 Å². The van der Waals surface area contributed by atoms with Crippen LogP contribution >= 0.6 is 11.6 Å². The molecule has 3 rings (SSSR count). The number of hydrogen-bond donors (Lipinski definition) is 1. The third-order valence-electron chi connectivity index (χ3n) is 4.41. The van der Waals surface area contributed by atoms with Gasteiger partial charge in [0.25, 0.3) is 0 Å². The standard InChI is InChI=1S/C19H19ClFNO3S/c20-18-11-16(26(22,23)24)9-10-19(18)25-12-14-3-1-2-4-17(14)13-5-7-15(21)8-6-13/h4-11,14H,1-3,12H2,(H2,22,23,24). The second-order valence-electron chi connectivity index (χ2n) is 6.24. The van der Waals surface area contributed by atoms with Gasteiger partial charge in [0.1, 0.15) is 11.6 Å². The summed E-state index contributed by atoms with van der Waals surface area (Å²) in [5.74, 6) is 0.297. The molecule has 0 heterocycles. The third-order valence-corrected chi connectivity index (χ3v) is 5.62. The van der Waals surface area contributed by atoms with Crippen LogP contribution in [0.3, 0.4) is 0 Å². The summed E-state index contributed by atoms with van der Waals surface area (Å²) in [6.07, 6.45) is 5.15. The van der Waals surface area contributed by atoms with E-state index in [1.165, 1.54) is 30.3 Å². The van der Waals surface area contributed by atoms with Gasteiger partial charge in [0.05, 0.1) is 16.5 Å². The van der Waals surface area contributed by atoms with E-state index in [0.717, 1.165) is 30.4 Å². The molecule has 1 unspecified atom stereocenters. The third kappa shape index (κ3) is 4.44. The molecular formula is C19H19ClFNO3S. The summed E-state index contributed by atoms with van der Waals surface area (Å²) >= 11 is 6.12. The molecule has 138 valence electrons. The zero-order chi connectivity index (χ0) is 18.7. The Morgan fingerprint density at radius 3 is 2.58 bits per heavy atom. The molecule has 0 aliphatic heterocycles. The smallest absolute Gasteiger partial charge is 0.238 e. The first-order valence-electron chi connectivity index (χ1n) is 8.26. The monoisotopic (exact) mass is 395 g/mol. The molecule has 1 atom stereocenters. The second kappa shape index (κ2) is 7.78. The maximum atomic E-state index is 13.2. The lowest BCUT2D eigenvalue weighted by molar-refractivity contribution is 0.268. The summed E-state index contributed by atoms with van der Waals surface area (Å²) in [4.78, 5) is -0.0561. The van der Waals surface area contributed by atoms with Crippen molar-refractivity contribution in [3.05, 3.63) is 64.9 Å². The summed E-state index contributed by atoms with van der Waals surface area (Å²) < 4.78 is 41.7. The van der Waals surface area contributed by atoms with Crippen LogP contribution in [0.1, 0.15) is 24.8 Å². The predicted octanol–water partition coefficient (Wildman–Crippen LogP) is 4.39. The van der Waals surface area contributed by atoms with Gasteiger partial charge in [-0.2, -0.15) is 0 Å². The minimum absolute atomic E-state index is 0.0561. The minimum Gasteiger partial charge on any atom is -0.491 e. The molecule has 0 bridgehead atoms. The van der Waals surface area contributed by atoms with Gasteiger partial charge in [-0.15, -0.1) is 0 Å². The molecule has 0 amide bonds. The van der Waals surface area contributed by atoms with Crippen molar-refractivity contribution in [3.8, 4) is 5.75 Å².